The van der Waals surface area contributed by atoms with Crippen molar-refractivity contribution < 1.29 is 42.1 Å². The molecule has 0 saturated heterocycles. The first kappa shape index (κ1) is 49.4. The molecular weight excluding hydrogens is 1180 g/mol. The fourth-order valence-electron chi connectivity index (χ4n) is 9.03. The van der Waals surface area contributed by atoms with Crippen molar-refractivity contribution in [1.29, 1.82) is 0 Å². The second-order valence-electron chi connectivity index (χ2n) is 20.9. The maximum absolute atomic E-state index is 4.77. The van der Waals surface area contributed by atoms with Crippen LogP contribution in [0.4, 0.5) is 0 Å². The Bertz CT molecular complexity index is 3360. The van der Waals surface area contributed by atoms with Crippen molar-refractivity contribution in [3.8, 4) is 11.3 Å². The zero-order valence-electron chi connectivity index (χ0n) is 40.1. The van der Waals surface area contributed by atoms with E-state index in [0.717, 1.165) is 46.2 Å². The van der Waals surface area contributed by atoms with E-state index in [1.54, 1.807) is 0 Å². The molecule has 344 valence electrons. The molecule has 0 atom stereocenters. The molecule has 6 aromatic carbocycles. The van der Waals surface area contributed by atoms with Crippen LogP contribution >= 0.6 is 0 Å². The summed E-state index contributed by atoms with van der Waals surface area (Å²) in [5.74, 6) is 0. The molecule has 0 spiro atoms. The van der Waals surface area contributed by atoms with Gasteiger partial charge in [-0.25, -0.2) is 0 Å². The number of fused-ring (bicyclic) bond motifs is 11. The second-order valence-corrected chi connectivity index (χ2v) is 20.9. The van der Waals surface area contributed by atoms with Gasteiger partial charge in [-0.05, 0) is 81.7 Å². The van der Waals surface area contributed by atoms with Crippen LogP contribution in [0.15, 0.2) is 146 Å². The zero-order valence-corrected chi connectivity index (χ0v) is 44.7. The standard InChI is InChI=1S/2C20H19N2.C20H20N.2Pt/c2*1-20(2,3)13-14-12-19-16-9-4-6-10-17(16)21-22(19)18-11-7-5-8-15(14)18;1-14-17-8-6-5-7-15(17)9-10-18(14)19-13-16(11-12-21-19)20(2,3)4;;/h2*4-10,12H,13H2,1-3H3;5-9,11-13H,1-4H3;;/q3*-1;;+2. The molecule has 0 bridgehead atoms. The Labute approximate surface area is 424 Å². The minimum atomic E-state index is 0. The average Bonchev–Trinajstić information content (AvgIpc) is 3.85. The van der Waals surface area contributed by atoms with E-state index in [4.69, 9.17) is 10.2 Å². The summed E-state index contributed by atoms with van der Waals surface area (Å²) in [4.78, 5) is 4.56. The molecule has 67 heavy (non-hydrogen) atoms. The van der Waals surface area contributed by atoms with E-state index in [2.05, 4.69) is 208 Å². The number of nitrogens with zero attached hydrogens (tertiary/aromatic N) is 5. The van der Waals surface area contributed by atoms with E-state index in [1.165, 1.54) is 65.6 Å². The Morgan fingerprint density at radius 2 is 0.985 bits per heavy atom. The Morgan fingerprint density at radius 1 is 0.522 bits per heavy atom. The van der Waals surface area contributed by atoms with Gasteiger partial charge in [0.1, 0.15) is 0 Å². The van der Waals surface area contributed by atoms with Crippen molar-refractivity contribution in [2.75, 3.05) is 0 Å². The monoisotopic (exact) mass is 1240 g/mol. The molecule has 0 N–H and O–H groups in total. The zero-order chi connectivity index (χ0) is 45.7. The maximum Gasteiger partial charge on any atom is 2.00 e. The van der Waals surface area contributed by atoms with Gasteiger partial charge in [-0.1, -0.05) is 158 Å². The van der Waals surface area contributed by atoms with E-state index in [1.807, 2.05) is 39.5 Å². The number of aryl methyl sites for hydroxylation is 1. The van der Waals surface area contributed by atoms with Gasteiger partial charge in [0.05, 0.1) is 22.1 Å². The molecule has 7 heteroatoms. The Kier molecular flexibility index (Phi) is 14.5. The summed E-state index contributed by atoms with van der Waals surface area (Å²) < 4.78 is 4.07. The SMILES string of the molecule is CC(C)(C)Cc1cc2c3ccccc3nn2c2[c-]cccc12.CC(C)(C)Cc1cc2c3ccccc3nn2c2[c-]cccc12.Cc1c(-c2cc(C(C)(C)C)ccn2)[c-]cc2ccccc12.[Pt+2].[Pt]. The molecule has 0 amide bonds. The van der Waals surface area contributed by atoms with Crippen molar-refractivity contribution >= 4 is 65.4 Å². The summed E-state index contributed by atoms with van der Waals surface area (Å²) in [6.07, 6.45) is 3.98. The third kappa shape index (κ3) is 10.5. The van der Waals surface area contributed by atoms with Crippen LogP contribution in [0.2, 0.25) is 0 Å². The third-order valence-corrected chi connectivity index (χ3v) is 12.1. The third-order valence-electron chi connectivity index (χ3n) is 12.1. The quantitative estimate of drug-likeness (QED) is 0.166. The molecule has 0 fully saturated rings. The predicted octanol–water partition coefficient (Wildman–Crippen LogP) is 15.4. The van der Waals surface area contributed by atoms with Crippen LogP contribution in [-0.2, 0) is 60.4 Å². The molecule has 11 rings (SSSR count). The molecule has 5 heterocycles. The van der Waals surface area contributed by atoms with Gasteiger partial charge in [-0.2, -0.15) is 58.7 Å². The van der Waals surface area contributed by atoms with E-state index >= 15 is 0 Å². The Balaban J connectivity index is 0.000000147. The van der Waals surface area contributed by atoms with Crippen LogP contribution in [0.1, 0.15) is 84.6 Å². The van der Waals surface area contributed by atoms with Crippen LogP contribution in [0.25, 0.3) is 76.7 Å². The van der Waals surface area contributed by atoms with Gasteiger partial charge in [0.25, 0.3) is 0 Å². The molecular formula is C60H58N5Pt2-. The summed E-state index contributed by atoms with van der Waals surface area (Å²) >= 11 is 0. The van der Waals surface area contributed by atoms with E-state index in [-0.39, 0.29) is 58.4 Å². The minimum Gasteiger partial charge on any atom is -0.305 e. The first-order chi connectivity index (χ1) is 31.0. The van der Waals surface area contributed by atoms with Gasteiger partial charge in [0.15, 0.2) is 0 Å². The van der Waals surface area contributed by atoms with Crippen LogP contribution in [0.5, 0.6) is 0 Å². The fourth-order valence-corrected chi connectivity index (χ4v) is 9.03. The van der Waals surface area contributed by atoms with Crippen LogP contribution < -0.4 is 0 Å². The molecule has 0 aliphatic rings. The van der Waals surface area contributed by atoms with E-state index in [0.29, 0.717) is 0 Å². The largest absolute Gasteiger partial charge is 2.00 e. The Morgan fingerprint density at radius 3 is 1.48 bits per heavy atom. The van der Waals surface area contributed by atoms with Crippen molar-refractivity contribution in [3.05, 3.63) is 186 Å². The van der Waals surface area contributed by atoms with Crippen molar-refractivity contribution in [3.63, 3.8) is 0 Å². The topological polar surface area (TPSA) is 47.5 Å². The minimum absolute atomic E-state index is 0. The van der Waals surface area contributed by atoms with E-state index < -0.39 is 0 Å². The predicted molar refractivity (Wildman–Crippen MR) is 274 cm³/mol. The van der Waals surface area contributed by atoms with Crippen molar-refractivity contribution in [1.82, 2.24) is 24.2 Å². The van der Waals surface area contributed by atoms with Crippen molar-refractivity contribution in [2.45, 2.75) is 87.5 Å². The fraction of sp³-hybridized carbons (Fsp3) is 0.250. The molecule has 11 aromatic rings. The number of para-hydroxylation sites is 2. The molecule has 5 nitrogen and oxygen atoms in total. The summed E-state index contributed by atoms with van der Waals surface area (Å²) in [5.41, 5.74) is 14.6. The summed E-state index contributed by atoms with van der Waals surface area (Å²) in [6, 6.07) is 58.6. The maximum atomic E-state index is 4.77. The van der Waals surface area contributed by atoms with Gasteiger partial charge >= 0.3 is 21.1 Å². The average molecular weight is 1240 g/mol. The van der Waals surface area contributed by atoms with Gasteiger partial charge in [-0.15, -0.1) is 34.0 Å². The number of benzene rings is 6. The molecule has 0 saturated carbocycles. The van der Waals surface area contributed by atoms with E-state index in [9.17, 15) is 0 Å². The molecule has 0 unspecified atom stereocenters. The van der Waals surface area contributed by atoms with Gasteiger partial charge in [0, 0.05) is 38.0 Å². The van der Waals surface area contributed by atoms with Crippen LogP contribution in [0.3, 0.4) is 0 Å². The van der Waals surface area contributed by atoms with Crippen LogP contribution in [-0.4, -0.2) is 24.2 Å². The molecule has 0 radical (unpaired) electrons. The summed E-state index contributed by atoms with van der Waals surface area (Å²) in [7, 11) is 0. The molecule has 5 aromatic heterocycles. The molecule has 0 aliphatic heterocycles. The van der Waals surface area contributed by atoms with Gasteiger partial charge < -0.3 is 4.98 Å². The Hall–Kier alpha value is -5.47. The summed E-state index contributed by atoms with van der Waals surface area (Å²) in [5, 5.41) is 16.9. The second kappa shape index (κ2) is 19.6. The van der Waals surface area contributed by atoms with Gasteiger partial charge in [0.2, 0.25) is 0 Å². The molecule has 0 aliphatic carbocycles. The number of pyridine rings is 3. The first-order valence-corrected chi connectivity index (χ1v) is 22.8. The number of rotatable bonds is 3. The number of hydrogen-bond donors (Lipinski definition) is 0. The smallest absolute Gasteiger partial charge is 0.305 e. The van der Waals surface area contributed by atoms with Crippen LogP contribution in [0, 0.1) is 36.0 Å². The normalized spacial score (nSPS) is 11.9. The number of hydrogen-bond acceptors (Lipinski definition) is 3. The first-order valence-electron chi connectivity index (χ1n) is 22.8. The summed E-state index contributed by atoms with van der Waals surface area (Å²) in [6.45, 7) is 22.5. The van der Waals surface area contributed by atoms with Crippen molar-refractivity contribution in [2.24, 2.45) is 10.8 Å². The van der Waals surface area contributed by atoms with Gasteiger partial charge in [-0.3, -0.25) is 9.03 Å². The number of aromatic nitrogens is 5.